The third-order valence-corrected chi connectivity index (χ3v) is 5.68. The van der Waals surface area contributed by atoms with Gasteiger partial charge in [0.25, 0.3) is 5.78 Å². The Morgan fingerprint density at radius 1 is 1.14 bits per heavy atom. The molecule has 8 nitrogen and oxygen atoms in total. The summed E-state index contributed by atoms with van der Waals surface area (Å²) in [6.45, 7) is 4.22. The van der Waals surface area contributed by atoms with Gasteiger partial charge in [0.05, 0.1) is 25.3 Å². The number of halogens is 1. The smallest absolute Gasteiger partial charge is 0.301 e. The van der Waals surface area contributed by atoms with E-state index in [1.54, 1.807) is 25.1 Å². The Balaban J connectivity index is 1.87. The third kappa shape index (κ3) is 4.62. The molecular formula is C26H25FN2O6. The molecule has 35 heavy (non-hydrogen) atoms. The van der Waals surface area contributed by atoms with Crippen molar-refractivity contribution in [1.82, 2.24) is 5.16 Å². The van der Waals surface area contributed by atoms with E-state index in [0.717, 1.165) is 25.0 Å². The van der Waals surface area contributed by atoms with Crippen molar-refractivity contribution in [3.8, 4) is 11.5 Å². The Hall–Kier alpha value is -4.14. The van der Waals surface area contributed by atoms with E-state index in [4.69, 9.17) is 14.0 Å². The highest BCUT2D eigenvalue weighted by Crippen LogP contribution is 2.44. The van der Waals surface area contributed by atoms with E-state index in [1.807, 2.05) is 0 Å². The van der Waals surface area contributed by atoms with Crippen LogP contribution in [0.4, 0.5) is 10.2 Å². The number of amides is 1. The van der Waals surface area contributed by atoms with Gasteiger partial charge in [-0.3, -0.25) is 14.5 Å². The molecule has 2 heterocycles. The molecule has 0 bridgehead atoms. The van der Waals surface area contributed by atoms with E-state index < -0.39 is 29.3 Å². The van der Waals surface area contributed by atoms with Gasteiger partial charge in [0.15, 0.2) is 17.3 Å². The Morgan fingerprint density at radius 2 is 1.89 bits per heavy atom. The lowest BCUT2D eigenvalue weighted by molar-refractivity contribution is -0.132. The molecule has 0 radical (unpaired) electrons. The van der Waals surface area contributed by atoms with Crippen LogP contribution in [0.3, 0.4) is 0 Å². The quantitative estimate of drug-likeness (QED) is 0.211. The van der Waals surface area contributed by atoms with Crippen molar-refractivity contribution in [3.05, 3.63) is 76.8 Å². The molecular weight excluding hydrogens is 455 g/mol. The number of aromatic nitrogens is 1. The van der Waals surface area contributed by atoms with Crippen molar-refractivity contribution in [2.45, 2.75) is 32.7 Å². The first-order chi connectivity index (χ1) is 16.8. The van der Waals surface area contributed by atoms with E-state index >= 15 is 0 Å². The summed E-state index contributed by atoms with van der Waals surface area (Å²) in [5.74, 6) is -1.24. The van der Waals surface area contributed by atoms with Crippen LogP contribution in [-0.4, -0.2) is 35.7 Å². The molecule has 4 rings (SSSR count). The number of hydrogen-bond acceptors (Lipinski definition) is 7. The highest BCUT2D eigenvalue weighted by molar-refractivity contribution is 6.51. The molecule has 0 spiro atoms. The number of aryl methyl sites for hydroxylation is 1. The minimum atomic E-state index is -1.04. The largest absolute Gasteiger partial charge is 0.507 e. The standard InChI is InChI=1S/C26H25FN2O6/c1-4-5-12-34-19-11-8-17(14-20(19)33-3)23-22(24(30)16-6-9-18(27)10-7-16)25(31)26(32)29(23)21-13-15(2)35-28-21/h6-11,13-14,23,30H,4-5,12H2,1-3H3/b24-22+/t23-/m1/s1. The first-order valence-electron chi connectivity index (χ1n) is 11.2. The van der Waals surface area contributed by atoms with Crippen molar-refractivity contribution in [1.29, 1.82) is 0 Å². The Labute approximate surface area is 201 Å². The molecule has 1 amide bonds. The summed E-state index contributed by atoms with van der Waals surface area (Å²) >= 11 is 0. The zero-order valence-electron chi connectivity index (χ0n) is 19.6. The highest BCUT2D eigenvalue weighted by atomic mass is 19.1. The number of ketones is 1. The van der Waals surface area contributed by atoms with Gasteiger partial charge in [-0.15, -0.1) is 0 Å². The van der Waals surface area contributed by atoms with Crippen LogP contribution < -0.4 is 14.4 Å². The summed E-state index contributed by atoms with van der Waals surface area (Å²) in [4.78, 5) is 27.5. The van der Waals surface area contributed by atoms with Gasteiger partial charge in [-0.1, -0.05) is 24.6 Å². The monoisotopic (exact) mass is 480 g/mol. The minimum Gasteiger partial charge on any atom is -0.507 e. The molecule has 2 aromatic carbocycles. The minimum absolute atomic E-state index is 0.120. The molecule has 1 aliphatic rings. The summed E-state index contributed by atoms with van der Waals surface area (Å²) in [6.07, 6.45) is 1.84. The maximum atomic E-state index is 13.5. The van der Waals surface area contributed by atoms with Crippen LogP contribution in [-0.2, 0) is 9.59 Å². The maximum absolute atomic E-state index is 13.5. The summed E-state index contributed by atoms with van der Waals surface area (Å²) in [7, 11) is 1.49. The number of methoxy groups -OCH3 is 1. The summed E-state index contributed by atoms with van der Waals surface area (Å²) < 4.78 is 29.9. The van der Waals surface area contributed by atoms with E-state index in [9.17, 15) is 19.1 Å². The van der Waals surface area contributed by atoms with Gasteiger partial charge >= 0.3 is 5.91 Å². The highest BCUT2D eigenvalue weighted by Gasteiger charge is 2.48. The number of nitrogens with zero attached hydrogens (tertiary/aromatic N) is 2. The Bertz CT molecular complexity index is 1280. The number of ether oxygens (including phenoxy) is 2. The van der Waals surface area contributed by atoms with Gasteiger partial charge in [0, 0.05) is 11.6 Å². The zero-order chi connectivity index (χ0) is 25.1. The molecule has 1 aliphatic heterocycles. The fraction of sp³-hybridized carbons (Fsp3) is 0.269. The van der Waals surface area contributed by atoms with Crippen LogP contribution in [0.15, 0.2) is 58.6 Å². The lowest BCUT2D eigenvalue weighted by Crippen LogP contribution is -2.29. The van der Waals surface area contributed by atoms with Crippen molar-refractivity contribution >= 4 is 23.3 Å². The van der Waals surface area contributed by atoms with E-state index in [2.05, 4.69) is 12.1 Å². The molecule has 1 atom stereocenters. The molecule has 1 N–H and O–H groups in total. The van der Waals surface area contributed by atoms with Gasteiger partial charge in [-0.25, -0.2) is 4.39 Å². The number of rotatable bonds is 8. The summed E-state index contributed by atoms with van der Waals surface area (Å²) in [6, 6.07) is 10.5. The van der Waals surface area contributed by atoms with Gasteiger partial charge in [-0.05, 0) is 55.3 Å². The fourth-order valence-electron chi connectivity index (χ4n) is 3.91. The van der Waals surface area contributed by atoms with Gasteiger partial charge in [0.2, 0.25) is 0 Å². The lowest BCUT2D eigenvalue weighted by Gasteiger charge is -2.23. The lowest BCUT2D eigenvalue weighted by atomic mass is 9.95. The topological polar surface area (TPSA) is 102 Å². The molecule has 182 valence electrons. The molecule has 0 aliphatic carbocycles. The number of Topliss-reactive ketones (excluding diaryl/α,β-unsaturated/α-hetero) is 1. The van der Waals surface area contributed by atoms with Crippen molar-refractivity contribution in [2.75, 3.05) is 18.6 Å². The number of aliphatic hydroxyl groups excluding tert-OH is 1. The predicted octanol–water partition coefficient (Wildman–Crippen LogP) is 4.94. The molecule has 3 aromatic rings. The number of carbonyl (C=O) groups excluding carboxylic acids is 2. The zero-order valence-corrected chi connectivity index (χ0v) is 19.6. The van der Waals surface area contributed by atoms with Crippen molar-refractivity contribution in [2.24, 2.45) is 0 Å². The molecule has 1 fully saturated rings. The first kappa shape index (κ1) is 24.0. The maximum Gasteiger partial charge on any atom is 0.301 e. The van der Waals surface area contributed by atoms with Crippen LogP contribution in [0, 0.1) is 12.7 Å². The van der Waals surface area contributed by atoms with Crippen LogP contribution in [0.1, 0.15) is 42.7 Å². The second kappa shape index (κ2) is 10.0. The number of anilines is 1. The van der Waals surface area contributed by atoms with Gasteiger partial charge < -0.3 is 19.1 Å². The number of carbonyl (C=O) groups is 2. The molecule has 9 heteroatoms. The normalized spacial score (nSPS) is 17.1. The average molecular weight is 480 g/mol. The molecule has 1 aromatic heterocycles. The predicted molar refractivity (Wildman–Crippen MR) is 126 cm³/mol. The van der Waals surface area contributed by atoms with Gasteiger partial charge in [0.1, 0.15) is 17.3 Å². The van der Waals surface area contributed by atoms with Crippen molar-refractivity contribution < 1.29 is 33.1 Å². The first-order valence-corrected chi connectivity index (χ1v) is 11.2. The van der Waals surface area contributed by atoms with E-state index in [-0.39, 0.29) is 17.0 Å². The van der Waals surface area contributed by atoms with Crippen LogP contribution in [0.2, 0.25) is 0 Å². The average Bonchev–Trinajstić information content (AvgIpc) is 3.39. The fourth-order valence-corrected chi connectivity index (χ4v) is 3.91. The van der Waals surface area contributed by atoms with E-state index in [1.165, 1.54) is 30.2 Å². The Morgan fingerprint density at radius 3 is 2.51 bits per heavy atom. The molecule has 1 saturated heterocycles. The summed E-state index contributed by atoms with van der Waals surface area (Å²) in [5.41, 5.74) is 0.509. The van der Waals surface area contributed by atoms with Crippen molar-refractivity contribution in [3.63, 3.8) is 0 Å². The molecule has 0 unspecified atom stereocenters. The van der Waals surface area contributed by atoms with E-state index in [0.29, 0.717) is 29.4 Å². The van der Waals surface area contributed by atoms with Crippen LogP contribution >= 0.6 is 0 Å². The summed E-state index contributed by atoms with van der Waals surface area (Å²) in [5, 5.41) is 15.0. The van der Waals surface area contributed by atoms with Crippen LogP contribution in [0.5, 0.6) is 11.5 Å². The second-order valence-electron chi connectivity index (χ2n) is 8.08. The number of benzene rings is 2. The Kier molecular flexibility index (Phi) is 6.86. The van der Waals surface area contributed by atoms with Crippen LogP contribution in [0.25, 0.3) is 5.76 Å². The van der Waals surface area contributed by atoms with Gasteiger partial charge in [-0.2, -0.15) is 0 Å². The number of unbranched alkanes of at least 4 members (excludes halogenated alkanes) is 1. The SMILES string of the molecule is CCCCOc1ccc([C@@H]2/C(=C(\O)c3ccc(F)cc3)C(=O)C(=O)N2c2cc(C)on2)cc1OC. The second-order valence-corrected chi connectivity index (χ2v) is 8.08. The number of aliphatic hydroxyl groups is 1. The molecule has 0 saturated carbocycles. The number of hydrogen-bond donors (Lipinski definition) is 1. The third-order valence-electron chi connectivity index (χ3n) is 5.68.